The molecular formula is C33H49N3O4S. The first kappa shape index (κ1) is 34.2. The van der Waals surface area contributed by atoms with Gasteiger partial charge in [0.1, 0.15) is 17.7 Å². The number of hydrogen-bond donors (Lipinski definition) is 2. The molecule has 8 heteroatoms. The van der Waals surface area contributed by atoms with Crippen molar-refractivity contribution >= 4 is 35.4 Å². The fourth-order valence-corrected chi connectivity index (χ4v) is 5.40. The van der Waals surface area contributed by atoms with Crippen LogP contribution in [0.4, 0.5) is 10.5 Å². The second kappa shape index (κ2) is 15.9. The van der Waals surface area contributed by atoms with E-state index in [1.54, 1.807) is 37.4 Å². The molecule has 2 rings (SSSR count). The van der Waals surface area contributed by atoms with Gasteiger partial charge in [-0.3, -0.25) is 9.59 Å². The minimum atomic E-state index is -0.878. The number of unbranched alkanes of at least 4 members (excludes halogenated alkanes) is 2. The first-order chi connectivity index (χ1) is 19.3. The lowest BCUT2D eigenvalue weighted by Crippen LogP contribution is -2.53. The Balaban J connectivity index is 2.64. The van der Waals surface area contributed by atoms with Crippen molar-refractivity contribution in [1.29, 1.82) is 0 Å². The molecule has 0 bridgehead atoms. The summed E-state index contributed by atoms with van der Waals surface area (Å²) in [5.41, 5.74) is 4.62. The van der Waals surface area contributed by atoms with Gasteiger partial charge >= 0.3 is 6.09 Å². The van der Waals surface area contributed by atoms with E-state index in [1.165, 1.54) is 0 Å². The Morgan fingerprint density at radius 1 is 0.927 bits per heavy atom. The second-order valence-corrected chi connectivity index (χ2v) is 12.7. The van der Waals surface area contributed by atoms with Crippen LogP contribution in [0.25, 0.3) is 0 Å². The number of hydrogen-bond acceptors (Lipinski definition) is 5. The van der Waals surface area contributed by atoms with Gasteiger partial charge in [-0.1, -0.05) is 56.2 Å². The molecular weight excluding hydrogens is 534 g/mol. The van der Waals surface area contributed by atoms with E-state index in [4.69, 9.17) is 4.74 Å². The maximum atomic E-state index is 14.4. The third-order valence-electron chi connectivity index (χ3n) is 6.99. The molecule has 2 aromatic rings. The van der Waals surface area contributed by atoms with E-state index < -0.39 is 23.8 Å². The van der Waals surface area contributed by atoms with Crippen LogP contribution in [-0.4, -0.2) is 53.0 Å². The number of ether oxygens (including phenoxy) is 1. The second-order valence-electron chi connectivity index (χ2n) is 11.7. The number of nitrogens with one attached hydrogen (secondary N) is 2. The average molecular weight is 584 g/mol. The van der Waals surface area contributed by atoms with Crippen molar-refractivity contribution < 1.29 is 19.1 Å². The van der Waals surface area contributed by atoms with E-state index in [0.717, 1.165) is 52.8 Å². The zero-order chi connectivity index (χ0) is 30.7. The van der Waals surface area contributed by atoms with Crippen molar-refractivity contribution in [2.24, 2.45) is 0 Å². The van der Waals surface area contributed by atoms with Crippen molar-refractivity contribution in [2.45, 2.75) is 98.8 Å². The number of rotatable bonds is 13. The number of nitrogens with zero attached hydrogens (tertiary/aromatic N) is 1. The van der Waals surface area contributed by atoms with Crippen molar-refractivity contribution in [3.63, 3.8) is 0 Å². The Kier molecular flexibility index (Phi) is 13.2. The monoisotopic (exact) mass is 583 g/mol. The predicted molar refractivity (Wildman–Crippen MR) is 171 cm³/mol. The number of alkyl carbamates (subject to hydrolysis) is 1. The number of thioether (sulfide) groups is 1. The van der Waals surface area contributed by atoms with E-state index in [1.807, 2.05) is 70.3 Å². The van der Waals surface area contributed by atoms with Gasteiger partial charge < -0.3 is 20.3 Å². The molecule has 0 saturated heterocycles. The maximum absolute atomic E-state index is 14.4. The average Bonchev–Trinajstić information content (AvgIpc) is 2.88. The molecule has 0 saturated carbocycles. The fourth-order valence-electron chi connectivity index (χ4n) is 4.93. The summed E-state index contributed by atoms with van der Waals surface area (Å²) in [6.45, 7) is 15.7. The number of anilines is 1. The molecule has 2 aromatic carbocycles. The molecule has 3 amide bonds. The van der Waals surface area contributed by atoms with Gasteiger partial charge in [-0.25, -0.2) is 4.79 Å². The summed E-state index contributed by atoms with van der Waals surface area (Å²) in [4.78, 5) is 43.3. The van der Waals surface area contributed by atoms with Crippen molar-refractivity contribution in [2.75, 3.05) is 23.9 Å². The lowest BCUT2D eigenvalue weighted by Gasteiger charge is -2.36. The number of carbonyl (C=O) groups is 3. The van der Waals surface area contributed by atoms with E-state index >= 15 is 0 Å². The maximum Gasteiger partial charge on any atom is 0.408 e. The molecule has 0 heterocycles. The number of para-hydroxylation sites is 1. The molecule has 2 N–H and O–H groups in total. The van der Waals surface area contributed by atoms with E-state index in [-0.39, 0.29) is 11.8 Å². The Bertz CT molecular complexity index is 1150. The van der Waals surface area contributed by atoms with Gasteiger partial charge in [0.05, 0.1) is 0 Å². The zero-order valence-electron chi connectivity index (χ0n) is 26.3. The van der Waals surface area contributed by atoms with Gasteiger partial charge in [0, 0.05) is 12.2 Å². The van der Waals surface area contributed by atoms with Crippen molar-refractivity contribution in [3.8, 4) is 0 Å². The third kappa shape index (κ3) is 10.1. The lowest BCUT2D eigenvalue weighted by molar-refractivity contribution is -0.141. The third-order valence-corrected chi connectivity index (χ3v) is 7.63. The van der Waals surface area contributed by atoms with Gasteiger partial charge in [0.15, 0.2) is 0 Å². The molecule has 2 atom stereocenters. The molecule has 0 fully saturated rings. The standard InChI is InChI=1S/C33H49N3O4S/c1-10-11-12-20-36(31(38)26(19-21-41-9)34-32(39)40-33(6,7)8)29(27-22(2)15-13-16-23(27)3)30(37)35-28-24(4)17-14-18-25(28)5/h13-18,26,29H,10-12,19-21H2,1-9H3,(H,34,39)(H,35,37). The van der Waals surface area contributed by atoms with Gasteiger partial charge in [-0.15, -0.1) is 0 Å². The minimum absolute atomic E-state index is 0.273. The van der Waals surface area contributed by atoms with Crippen LogP contribution in [0.1, 0.15) is 87.2 Å². The van der Waals surface area contributed by atoms with Gasteiger partial charge in [-0.2, -0.15) is 11.8 Å². The van der Waals surface area contributed by atoms with Gasteiger partial charge in [0.2, 0.25) is 5.91 Å². The first-order valence-electron chi connectivity index (χ1n) is 14.5. The minimum Gasteiger partial charge on any atom is -0.444 e. The summed E-state index contributed by atoms with van der Waals surface area (Å²) in [6, 6.07) is 10.1. The normalized spacial score (nSPS) is 12.8. The molecule has 0 spiro atoms. The van der Waals surface area contributed by atoms with Crippen LogP contribution in [0.15, 0.2) is 36.4 Å². The molecule has 41 heavy (non-hydrogen) atoms. The molecule has 0 aliphatic carbocycles. The summed E-state index contributed by atoms with van der Waals surface area (Å²) >= 11 is 1.60. The van der Waals surface area contributed by atoms with E-state index in [2.05, 4.69) is 17.6 Å². The molecule has 226 valence electrons. The molecule has 0 radical (unpaired) electrons. The highest BCUT2D eigenvalue weighted by Gasteiger charge is 2.37. The first-order valence-corrected chi connectivity index (χ1v) is 15.9. The SMILES string of the molecule is CCCCCN(C(=O)C(CCSC)NC(=O)OC(C)(C)C)C(C(=O)Nc1c(C)cccc1C)c1c(C)cccc1C. The zero-order valence-corrected chi connectivity index (χ0v) is 27.2. The van der Waals surface area contributed by atoms with Crippen LogP contribution in [0, 0.1) is 27.7 Å². The van der Waals surface area contributed by atoms with Crippen LogP contribution >= 0.6 is 11.8 Å². The van der Waals surface area contributed by atoms with Gasteiger partial charge in [0.25, 0.3) is 5.91 Å². The quantitative estimate of drug-likeness (QED) is 0.242. The number of carbonyl (C=O) groups excluding carboxylic acids is 3. The summed E-state index contributed by atoms with van der Waals surface area (Å²) in [7, 11) is 0. The molecule has 0 aromatic heterocycles. The molecule has 2 unspecified atom stereocenters. The largest absolute Gasteiger partial charge is 0.444 e. The lowest BCUT2D eigenvalue weighted by atomic mass is 9.93. The van der Waals surface area contributed by atoms with Crippen LogP contribution < -0.4 is 10.6 Å². The van der Waals surface area contributed by atoms with Crippen molar-refractivity contribution in [1.82, 2.24) is 10.2 Å². The van der Waals surface area contributed by atoms with Crippen LogP contribution in [-0.2, 0) is 14.3 Å². The highest BCUT2D eigenvalue weighted by atomic mass is 32.2. The highest BCUT2D eigenvalue weighted by Crippen LogP contribution is 2.31. The summed E-state index contributed by atoms with van der Waals surface area (Å²) in [5.74, 6) is 0.105. The Labute approximate surface area is 251 Å². The topological polar surface area (TPSA) is 87.7 Å². The van der Waals surface area contributed by atoms with E-state index in [0.29, 0.717) is 18.7 Å². The molecule has 7 nitrogen and oxygen atoms in total. The van der Waals surface area contributed by atoms with Crippen molar-refractivity contribution in [3.05, 3.63) is 64.2 Å². The Morgan fingerprint density at radius 2 is 1.49 bits per heavy atom. The number of aryl methyl sites for hydroxylation is 4. The number of amides is 3. The highest BCUT2D eigenvalue weighted by molar-refractivity contribution is 7.98. The predicted octanol–water partition coefficient (Wildman–Crippen LogP) is 7.27. The van der Waals surface area contributed by atoms with Crippen LogP contribution in [0.3, 0.4) is 0 Å². The molecule has 0 aliphatic rings. The summed E-state index contributed by atoms with van der Waals surface area (Å²) in [5, 5.41) is 5.99. The fraction of sp³-hybridized carbons (Fsp3) is 0.545. The summed E-state index contributed by atoms with van der Waals surface area (Å²) in [6.07, 6.45) is 4.36. The van der Waals surface area contributed by atoms with E-state index in [9.17, 15) is 14.4 Å². The van der Waals surface area contributed by atoms with Crippen LogP contribution in [0.5, 0.6) is 0 Å². The number of benzene rings is 2. The molecule has 0 aliphatic heterocycles. The Hall–Kier alpha value is -3.00. The van der Waals surface area contributed by atoms with Crippen LogP contribution in [0.2, 0.25) is 0 Å². The summed E-state index contributed by atoms with van der Waals surface area (Å²) < 4.78 is 5.51. The Morgan fingerprint density at radius 3 is 2.00 bits per heavy atom. The smallest absolute Gasteiger partial charge is 0.408 e. The van der Waals surface area contributed by atoms with Gasteiger partial charge in [-0.05, 0) is 101 Å².